The minimum absolute atomic E-state index is 0.0673. The fraction of sp³-hybridized carbons (Fsp3) is 0.261. The van der Waals surface area contributed by atoms with Gasteiger partial charge in [0.1, 0.15) is 5.82 Å². The summed E-state index contributed by atoms with van der Waals surface area (Å²) < 4.78 is 4.53. The van der Waals surface area contributed by atoms with E-state index in [0.717, 1.165) is 49.0 Å². The summed E-state index contributed by atoms with van der Waals surface area (Å²) in [6, 6.07) is 20.2. The number of rotatable bonds is 5. The van der Waals surface area contributed by atoms with Crippen LogP contribution in [-0.2, 0) is 11.2 Å². The molecular formula is C23H24N4OS. The van der Waals surface area contributed by atoms with Gasteiger partial charge in [-0.25, -0.2) is 4.98 Å². The Balaban J connectivity index is 1.34. The van der Waals surface area contributed by atoms with Crippen molar-refractivity contribution in [1.29, 1.82) is 0 Å². The Bertz CT molecular complexity index is 955. The van der Waals surface area contributed by atoms with Crippen molar-refractivity contribution in [3.63, 3.8) is 0 Å². The molecule has 0 radical (unpaired) electrons. The van der Waals surface area contributed by atoms with Crippen molar-refractivity contribution >= 4 is 28.6 Å². The summed E-state index contributed by atoms with van der Waals surface area (Å²) in [5.41, 5.74) is 2.26. The van der Waals surface area contributed by atoms with Gasteiger partial charge in [-0.3, -0.25) is 4.79 Å². The average molecular weight is 405 g/mol. The summed E-state index contributed by atoms with van der Waals surface area (Å²) >= 11 is 1.45. The first-order valence-electron chi connectivity index (χ1n) is 9.91. The number of hydrogen-bond acceptors (Lipinski definition) is 5. The monoisotopic (exact) mass is 404 g/mol. The van der Waals surface area contributed by atoms with E-state index in [9.17, 15) is 4.79 Å². The molecule has 2 aromatic carbocycles. The third-order valence-electron chi connectivity index (χ3n) is 4.96. The predicted molar refractivity (Wildman–Crippen MR) is 118 cm³/mol. The van der Waals surface area contributed by atoms with Crippen LogP contribution in [0.5, 0.6) is 0 Å². The van der Waals surface area contributed by atoms with Gasteiger partial charge in [0, 0.05) is 50.2 Å². The molecule has 0 saturated carbocycles. The zero-order chi connectivity index (χ0) is 19.9. The van der Waals surface area contributed by atoms with Crippen molar-refractivity contribution in [3.05, 3.63) is 83.7 Å². The Morgan fingerprint density at radius 1 is 0.966 bits per heavy atom. The highest BCUT2D eigenvalue weighted by Crippen LogP contribution is 2.20. The number of carbonyl (C=O) groups excluding carboxylic acids is 1. The van der Waals surface area contributed by atoms with Crippen LogP contribution in [0.25, 0.3) is 6.08 Å². The summed E-state index contributed by atoms with van der Waals surface area (Å²) in [5, 5.41) is 0.949. The van der Waals surface area contributed by atoms with Crippen LogP contribution < -0.4 is 4.90 Å². The number of hydrogen-bond donors (Lipinski definition) is 0. The molecule has 1 saturated heterocycles. The van der Waals surface area contributed by atoms with Crippen molar-refractivity contribution in [2.75, 3.05) is 31.1 Å². The van der Waals surface area contributed by atoms with Crippen LogP contribution in [0.2, 0.25) is 0 Å². The van der Waals surface area contributed by atoms with Crippen molar-refractivity contribution < 1.29 is 4.79 Å². The molecule has 1 amide bonds. The van der Waals surface area contributed by atoms with Gasteiger partial charge in [0.2, 0.25) is 11.0 Å². The number of benzene rings is 2. The van der Waals surface area contributed by atoms with Crippen LogP contribution >= 0.6 is 11.5 Å². The Morgan fingerprint density at radius 2 is 1.72 bits per heavy atom. The van der Waals surface area contributed by atoms with Crippen LogP contribution in [0.3, 0.4) is 0 Å². The highest BCUT2D eigenvalue weighted by molar-refractivity contribution is 7.09. The van der Waals surface area contributed by atoms with E-state index >= 15 is 0 Å². The number of carbonyl (C=O) groups is 1. The molecule has 1 aromatic heterocycles. The predicted octanol–water partition coefficient (Wildman–Crippen LogP) is 3.88. The van der Waals surface area contributed by atoms with E-state index in [1.807, 2.05) is 59.5 Å². The van der Waals surface area contributed by atoms with E-state index in [-0.39, 0.29) is 5.91 Å². The smallest absolute Gasteiger partial charge is 0.246 e. The number of anilines is 1. The van der Waals surface area contributed by atoms with Gasteiger partial charge < -0.3 is 9.80 Å². The summed E-state index contributed by atoms with van der Waals surface area (Å²) in [6.07, 6.45) is 5.23. The molecular weight excluding hydrogens is 380 g/mol. The van der Waals surface area contributed by atoms with Gasteiger partial charge in [-0.2, -0.15) is 4.37 Å². The normalized spacial score (nSPS) is 14.9. The van der Waals surface area contributed by atoms with Crippen LogP contribution in [0, 0.1) is 0 Å². The molecule has 0 N–H and O–H groups in total. The molecule has 0 bridgehead atoms. The minimum Gasteiger partial charge on any atom is -0.345 e. The first-order chi connectivity index (χ1) is 14.3. The highest BCUT2D eigenvalue weighted by Gasteiger charge is 2.20. The maximum atomic E-state index is 12.6. The Labute approximate surface area is 175 Å². The van der Waals surface area contributed by atoms with E-state index in [0.29, 0.717) is 6.54 Å². The third-order valence-corrected chi connectivity index (χ3v) is 5.77. The van der Waals surface area contributed by atoms with Gasteiger partial charge in [0.15, 0.2) is 0 Å². The molecule has 0 atom stereocenters. The lowest BCUT2D eigenvalue weighted by molar-refractivity contribution is -0.125. The van der Waals surface area contributed by atoms with Gasteiger partial charge in [0.25, 0.3) is 0 Å². The molecule has 3 aromatic rings. The van der Waals surface area contributed by atoms with Crippen LogP contribution in [0.1, 0.15) is 23.4 Å². The molecule has 4 rings (SSSR count). The van der Waals surface area contributed by atoms with Gasteiger partial charge in [-0.15, -0.1) is 0 Å². The second-order valence-electron chi connectivity index (χ2n) is 7.07. The first-order valence-corrected chi connectivity index (χ1v) is 10.7. The minimum atomic E-state index is 0.0673. The third kappa shape index (κ3) is 5.29. The molecule has 29 heavy (non-hydrogen) atoms. The summed E-state index contributed by atoms with van der Waals surface area (Å²) in [7, 11) is 0. The molecule has 0 aliphatic carbocycles. The lowest BCUT2D eigenvalue weighted by Crippen LogP contribution is -2.34. The SMILES string of the molecule is O=C(/C=C/c1ccccc1)N1CCCN(c2nc(Cc3ccccc3)ns2)CC1. The van der Waals surface area contributed by atoms with E-state index in [2.05, 4.69) is 21.4 Å². The Kier molecular flexibility index (Phi) is 6.32. The second kappa shape index (κ2) is 9.47. The van der Waals surface area contributed by atoms with Crippen LogP contribution in [0.4, 0.5) is 5.13 Å². The standard InChI is InChI=1S/C23H24N4OS/c28-22(13-12-19-8-3-1-4-9-19)26-14-7-15-27(17-16-26)23-24-21(25-29-23)18-20-10-5-2-6-11-20/h1-6,8-13H,7,14-18H2/b13-12+. The van der Waals surface area contributed by atoms with Crippen molar-refractivity contribution in [2.45, 2.75) is 12.8 Å². The maximum Gasteiger partial charge on any atom is 0.246 e. The lowest BCUT2D eigenvalue weighted by atomic mass is 10.1. The quantitative estimate of drug-likeness (QED) is 0.606. The summed E-state index contributed by atoms with van der Waals surface area (Å²) in [4.78, 5) is 21.5. The molecule has 1 aliphatic rings. The zero-order valence-electron chi connectivity index (χ0n) is 16.3. The summed E-state index contributed by atoms with van der Waals surface area (Å²) in [6.45, 7) is 3.15. The van der Waals surface area contributed by atoms with E-state index in [4.69, 9.17) is 4.98 Å². The molecule has 5 nitrogen and oxygen atoms in total. The Morgan fingerprint density at radius 3 is 2.52 bits per heavy atom. The second-order valence-corrected chi connectivity index (χ2v) is 7.80. The average Bonchev–Trinajstić information content (AvgIpc) is 3.08. The molecule has 1 aliphatic heterocycles. The highest BCUT2D eigenvalue weighted by atomic mass is 32.1. The van der Waals surface area contributed by atoms with Crippen LogP contribution in [-0.4, -0.2) is 46.3 Å². The van der Waals surface area contributed by atoms with Crippen LogP contribution in [0.15, 0.2) is 66.7 Å². The van der Waals surface area contributed by atoms with Gasteiger partial charge >= 0.3 is 0 Å². The van der Waals surface area contributed by atoms with E-state index in [1.54, 1.807) is 6.08 Å². The molecule has 6 heteroatoms. The summed E-state index contributed by atoms with van der Waals surface area (Å²) in [5.74, 6) is 0.928. The fourth-order valence-electron chi connectivity index (χ4n) is 3.39. The van der Waals surface area contributed by atoms with Crippen molar-refractivity contribution in [2.24, 2.45) is 0 Å². The van der Waals surface area contributed by atoms with Gasteiger partial charge in [-0.1, -0.05) is 60.7 Å². The fourth-order valence-corrected chi connectivity index (χ4v) is 4.13. The number of nitrogens with zero attached hydrogens (tertiary/aromatic N) is 4. The van der Waals surface area contributed by atoms with E-state index in [1.165, 1.54) is 17.1 Å². The van der Waals surface area contributed by atoms with Crippen molar-refractivity contribution in [1.82, 2.24) is 14.3 Å². The molecule has 2 heterocycles. The zero-order valence-corrected chi connectivity index (χ0v) is 17.1. The number of aromatic nitrogens is 2. The Hall–Kier alpha value is -2.99. The molecule has 148 valence electrons. The van der Waals surface area contributed by atoms with Gasteiger partial charge in [0.05, 0.1) is 0 Å². The molecule has 1 fully saturated rings. The maximum absolute atomic E-state index is 12.6. The lowest BCUT2D eigenvalue weighted by Gasteiger charge is -2.20. The topological polar surface area (TPSA) is 49.3 Å². The number of amides is 1. The molecule has 0 unspecified atom stereocenters. The molecule has 0 spiro atoms. The largest absolute Gasteiger partial charge is 0.345 e. The van der Waals surface area contributed by atoms with E-state index < -0.39 is 0 Å². The van der Waals surface area contributed by atoms with Crippen molar-refractivity contribution in [3.8, 4) is 0 Å². The van der Waals surface area contributed by atoms with Gasteiger partial charge in [-0.05, 0) is 23.6 Å². The first kappa shape index (κ1) is 19.3.